The van der Waals surface area contributed by atoms with Gasteiger partial charge < -0.3 is 30.0 Å². The van der Waals surface area contributed by atoms with Gasteiger partial charge in [-0.25, -0.2) is 32.5 Å². The van der Waals surface area contributed by atoms with E-state index in [0.29, 0.717) is 20.0 Å². The monoisotopic (exact) mass is 776 g/mol. The molecule has 6 rings (SSSR count). The molecule has 0 aliphatic rings. The van der Waals surface area contributed by atoms with Gasteiger partial charge in [0.25, 0.3) is 0 Å². The van der Waals surface area contributed by atoms with E-state index >= 15 is 0 Å². The average molecular weight is 777 g/mol. The maximum Gasteiger partial charge on any atom is 0.337 e. The van der Waals surface area contributed by atoms with Crippen LogP contribution in [0.1, 0.15) is 20.7 Å². The number of nitrogens with one attached hydrogen (secondary N) is 2. The van der Waals surface area contributed by atoms with Crippen molar-refractivity contribution in [3.05, 3.63) is 132 Å². The second kappa shape index (κ2) is 15.4. The second-order valence-corrected chi connectivity index (χ2v) is 12.5. The Hall–Kier alpha value is -6.81. The number of anilines is 6. The van der Waals surface area contributed by atoms with Crippen molar-refractivity contribution in [1.29, 1.82) is 0 Å². The minimum Gasteiger partial charge on any atom is -0.755 e. The summed E-state index contributed by atoms with van der Waals surface area (Å²) < 4.78 is 79.9. The first kappa shape index (κ1) is 37.0. The molecular weight excluding hydrogens is 755 g/mol. The van der Waals surface area contributed by atoms with Gasteiger partial charge in [0, 0.05) is 11.4 Å². The summed E-state index contributed by atoms with van der Waals surface area (Å²) in [5.41, 5.74) is -1.27. The quantitative estimate of drug-likeness (QED) is 0.117. The van der Waals surface area contributed by atoms with E-state index in [1.165, 1.54) is 82.4 Å². The minimum absolute atomic E-state index is 0.0626. The van der Waals surface area contributed by atoms with Crippen LogP contribution in [0.2, 0.25) is 0 Å². The Kier molecular flexibility index (Phi) is 10.6. The molecule has 276 valence electrons. The molecule has 17 nitrogen and oxygen atoms in total. The number of halogens is 2. The van der Waals surface area contributed by atoms with E-state index in [2.05, 4.69) is 20.8 Å². The molecular formula is C33H22F2N8O9S2-2. The highest BCUT2D eigenvalue weighted by Crippen LogP contribution is 2.34. The summed E-state index contributed by atoms with van der Waals surface area (Å²) in [4.78, 5) is 37.5. The fraction of sp³-hybridized carbons (Fsp3) is 0. The molecule has 0 saturated heterocycles. The fourth-order valence-corrected chi connectivity index (χ4v) is 6.31. The molecule has 0 spiro atoms. The minimum atomic E-state index is -3.06. The average Bonchev–Trinajstić information content (AvgIpc) is 3.81. The number of urea groups is 1. The Morgan fingerprint density at radius 1 is 0.630 bits per heavy atom. The van der Waals surface area contributed by atoms with E-state index in [1.54, 1.807) is 0 Å². The van der Waals surface area contributed by atoms with Crippen LogP contribution in [0.3, 0.4) is 0 Å². The lowest BCUT2D eigenvalue weighted by Gasteiger charge is -2.26. The maximum absolute atomic E-state index is 13.4. The number of carboxylic acids is 2. The number of carbonyl (C=O) groups excluding carboxylic acids is 1. The molecule has 2 amide bonds. The number of amides is 2. The van der Waals surface area contributed by atoms with Crippen LogP contribution >= 0.6 is 0 Å². The van der Waals surface area contributed by atoms with Crippen molar-refractivity contribution in [2.24, 2.45) is 0 Å². The molecule has 2 aromatic heterocycles. The highest BCUT2D eigenvalue weighted by molar-refractivity contribution is 7.81. The highest BCUT2D eigenvalue weighted by atomic mass is 32.2. The van der Waals surface area contributed by atoms with Crippen LogP contribution in [0.25, 0.3) is 11.4 Å². The Balaban J connectivity index is 1.22. The van der Waals surface area contributed by atoms with Crippen LogP contribution in [0, 0.1) is 11.6 Å². The topological polar surface area (TPSA) is 238 Å². The molecule has 0 bridgehead atoms. The predicted molar refractivity (Wildman–Crippen MR) is 189 cm³/mol. The number of hydrogen-bond acceptors (Lipinski definition) is 9. The summed E-state index contributed by atoms with van der Waals surface area (Å²) in [6, 6.07) is 16.0. The Bertz CT molecular complexity index is 2280. The van der Waals surface area contributed by atoms with Crippen molar-refractivity contribution in [2.45, 2.75) is 0 Å². The van der Waals surface area contributed by atoms with Crippen molar-refractivity contribution >= 4 is 74.6 Å². The van der Waals surface area contributed by atoms with E-state index in [4.69, 9.17) is 0 Å². The SMILES string of the molecule is O=C(Nc1ccc(N(c2cnn(-c3ccc(F)cc3)c2)S(=O)[O-])c(C(=O)O)c1)Nc1ccc(N(c2cnn(-c3ccc(F)cc3)c2)S(=O)[O-])c(C(=O)O)c1. The molecule has 0 saturated carbocycles. The van der Waals surface area contributed by atoms with Gasteiger partial charge in [-0.2, -0.15) is 10.2 Å². The van der Waals surface area contributed by atoms with Gasteiger partial charge in [-0.1, -0.05) is 0 Å². The van der Waals surface area contributed by atoms with E-state index in [-0.39, 0.29) is 34.1 Å². The van der Waals surface area contributed by atoms with Crippen molar-refractivity contribution in [3.63, 3.8) is 0 Å². The number of aromatic nitrogens is 4. The lowest BCUT2D eigenvalue weighted by molar-refractivity contribution is 0.0687. The van der Waals surface area contributed by atoms with Crippen LogP contribution < -0.4 is 19.2 Å². The zero-order valence-electron chi connectivity index (χ0n) is 26.9. The largest absolute Gasteiger partial charge is 0.755 e. The Morgan fingerprint density at radius 3 is 1.33 bits per heavy atom. The van der Waals surface area contributed by atoms with Gasteiger partial charge in [-0.15, -0.1) is 0 Å². The number of carbonyl (C=O) groups is 3. The Labute approximate surface area is 307 Å². The first-order valence-corrected chi connectivity index (χ1v) is 17.1. The van der Waals surface area contributed by atoms with E-state index in [9.17, 15) is 50.9 Å². The molecule has 0 radical (unpaired) electrons. The van der Waals surface area contributed by atoms with Crippen molar-refractivity contribution in [2.75, 3.05) is 19.2 Å². The van der Waals surface area contributed by atoms with Crippen LogP contribution in [0.4, 0.5) is 47.7 Å². The smallest absolute Gasteiger partial charge is 0.337 e. The number of hydrogen-bond donors (Lipinski definition) is 4. The summed E-state index contributed by atoms with van der Waals surface area (Å²) >= 11 is -6.12. The third kappa shape index (κ3) is 7.98. The van der Waals surface area contributed by atoms with Crippen molar-refractivity contribution in [3.8, 4) is 11.4 Å². The number of nitrogens with zero attached hydrogens (tertiary/aromatic N) is 6. The molecule has 0 aliphatic heterocycles. The van der Waals surface area contributed by atoms with Crippen molar-refractivity contribution in [1.82, 2.24) is 19.6 Å². The molecule has 2 heterocycles. The number of benzene rings is 4. The predicted octanol–water partition coefficient (Wildman–Crippen LogP) is 5.24. The molecule has 21 heteroatoms. The van der Waals surface area contributed by atoms with E-state index < -0.39 is 63.3 Å². The van der Waals surface area contributed by atoms with Gasteiger partial charge in [-0.3, -0.25) is 17.0 Å². The molecule has 6 aromatic rings. The molecule has 0 fully saturated rings. The van der Waals surface area contributed by atoms with Gasteiger partial charge in [0.05, 0.1) is 92.6 Å². The van der Waals surface area contributed by atoms with Crippen molar-refractivity contribution < 1.29 is 50.9 Å². The molecule has 4 N–H and O–H groups in total. The summed E-state index contributed by atoms with van der Waals surface area (Å²) in [5, 5.41) is 32.8. The lowest BCUT2D eigenvalue weighted by atomic mass is 10.1. The summed E-state index contributed by atoms with van der Waals surface area (Å²) in [5.74, 6) is -4.12. The summed E-state index contributed by atoms with van der Waals surface area (Å²) in [6.07, 6.45) is 4.85. The summed E-state index contributed by atoms with van der Waals surface area (Å²) in [6.45, 7) is 0. The van der Waals surface area contributed by atoms with Crippen LogP contribution in [0.5, 0.6) is 0 Å². The van der Waals surface area contributed by atoms with Gasteiger partial charge in [0.1, 0.15) is 11.6 Å². The maximum atomic E-state index is 13.4. The molecule has 0 aliphatic carbocycles. The zero-order chi connectivity index (χ0) is 38.7. The lowest BCUT2D eigenvalue weighted by Crippen LogP contribution is -2.23. The van der Waals surface area contributed by atoms with Gasteiger partial charge >= 0.3 is 18.0 Å². The van der Waals surface area contributed by atoms with Crippen LogP contribution in [-0.4, -0.2) is 65.3 Å². The number of aromatic carboxylic acids is 2. The third-order valence-electron chi connectivity index (χ3n) is 7.49. The van der Waals surface area contributed by atoms with Gasteiger partial charge in [0.2, 0.25) is 0 Å². The van der Waals surface area contributed by atoms with E-state index in [1.807, 2.05) is 0 Å². The molecule has 2 unspecified atom stereocenters. The zero-order valence-corrected chi connectivity index (χ0v) is 28.5. The summed E-state index contributed by atoms with van der Waals surface area (Å²) in [7, 11) is 0. The third-order valence-corrected chi connectivity index (χ3v) is 8.91. The van der Waals surface area contributed by atoms with E-state index in [0.717, 1.165) is 36.7 Å². The molecule has 4 aromatic carbocycles. The fourth-order valence-electron chi connectivity index (χ4n) is 5.14. The number of rotatable bonds is 12. The Morgan fingerprint density at radius 2 is 1.00 bits per heavy atom. The first-order chi connectivity index (χ1) is 25.8. The van der Waals surface area contributed by atoms with Crippen LogP contribution in [0.15, 0.2) is 110 Å². The highest BCUT2D eigenvalue weighted by Gasteiger charge is 2.23. The number of carboxylic acid groups (broad SMARTS) is 2. The second-order valence-electron chi connectivity index (χ2n) is 10.9. The van der Waals surface area contributed by atoms with Gasteiger partial charge in [-0.05, 0) is 84.9 Å². The standard InChI is InChI=1S/C33H24F2N8O9S2/c34-19-1-7-23(8-2-19)40-17-25(15-36-40)42(53(49)50)29-11-5-21(13-27(29)31(44)45)38-33(48)39-22-6-12-30(28(14-22)32(46)47)43(54(51)52)26-16-37-41(18-26)24-9-3-20(35)4-10-24/h1-18H,(H,44,45)(H,46,47)(H,49,50)(H,51,52)(H2,38,39,48)/p-2. The molecule has 54 heavy (non-hydrogen) atoms. The van der Waals surface area contributed by atoms with Crippen LogP contribution in [-0.2, 0) is 22.5 Å². The molecule has 2 atom stereocenters. The first-order valence-electron chi connectivity index (χ1n) is 15.0. The van der Waals surface area contributed by atoms with Gasteiger partial charge in [0.15, 0.2) is 0 Å². The normalized spacial score (nSPS) is 12.1.